The number of nitrogens with zero attached hydrogens (tertiary/aromatic N) is 1. The monoisotopic (exact) mass is 285 g/mol. The molecule has 6 heteroatoms. The summed E-state index contributed by atoms with van der Waals surface area (Å²) >= 11 is 0. The van der Waals surface area contributed by atoms with Crippen LogP contribution in [0.2, 0.25) is 0 Å². The maximum Gasteiger partial charge on any atom is 0.221 e. The molecule has 1 atom stereocenters. The van der Waals surface area contributed by atoms with Crippen LogP contribution in [0, 0.1) is 0 Å². The van der Waals surface area contributed by atoms with Crippen molar-refractivity contribution >= 4 is 5.91 Å². The van der Waals surface area contributed by atoms with E-state index in [1.807, 2.05) is 0 Å². The number of ether oxygens (including phenoxy) is 2. The number of hydrogen-bond donors (Lipinski definition) is 2. The zero-order chi connectivity index (χ0) is 14.4. The van der Waals surface area contributed by atoms with E-state index < -0.39 is 0 Å². The first-order chi connectivity index (χ1) is 9.58. The van der Waals surface area contributed by atoms with Gasteiger partial charge in [0.15, 0.2) is 0 Å². The lowest BCUT2D eigenvalue weighted by Gasteiger charge is -2.42. The van der Waals surface area contributed by atoms with Crippen molar-refractivity contribution in [3.8, 4) is 0 Å². The van der Waals surface area contributed by atoms with Gasteiger partial charge in [0.25, 0.3) is 0 Å². The van der Waals surface area contributed by atoms with Crippen LogP contribution in [-0.2, 0) is 14.3 Å². The summed E-state index contributed by atoms with van der Waals surface area (Å²) in [6.45, 7) is 10.6. The number of rotatable bonds is 5. The standard InChI is InChI=1S/C14H27N3O3/c1-14(2)11-20-8-6-17(14)5-3-16-13(18)9-12-10-19-7-4-15-12/h12,15H,3-11H2,1-2H3,(H,16,18). The number of hydrogen-bond acceptors (Lipinski definition) is 5. The smallest absolute Gasteiger partial charge is 0.221 e. The van der Waals surface area contributed by atoms with Crippen LogP contribution < -0.4 is 10.6 Å². The summed E-state index contributed by atoms with van der Waals surface area (Å²) in [6.07, 6.45) is 0.493. The van der Waals surface area contributed by atoms with E-state index in [0.29, 0.717) is 19.6 Å². The highest BCUT2D eigenvalue weighted by atomic mass is 16.5. The van der Waals surface area contributed by atoms with Gasteiger partial charge in [-0.2, -0.15) is 0 Å². The third kappa shape index (κ3) is 4.70. The molecule has 6 nitrogen and oxygen atoms in total. The minimum absolute atomic E-state index is 0.0573. The van der Waals surface area contributed by atoms with E-state index in [1.54, 1.807) is 0 Å². The lowest BCUT2D eigenvalue weighted by Crippen LogP contribution is -2.55. The second kappa shape index (κ2) is 7.36. The van der Waals surface area contributed by atoms with Gasteiger partial charge >= 0.3 is 0 Å². The Balaban J connectivity index is 1.63. The Morgan fingerprint density at radius 1 is 1.40 bits per heavy atom. The molecular formula is C14H27N3O3. The average molecular weight is 285 g/mol. The zero-order valence-corrected chi connectivity index (χ0v) is 12.6. The molecule has 20 heavy (non-hydrogen) atoms. The number of amides is 1. The summed E-state index contributed by atoms with van der Waals surface area (Å²) in [5.74, 6) is 0.0964. The quantitative estimate of drug-likeness (QED) is 0.719. The summed E-state index contributed by atoms with van der Waals surface area (Å²) in [4.78, 5) is 14.2. The Morgan fingerprint density at radius 3 is 2.95 bits per heavy atom. The molecule has 0 aromatic heterocycles. The van der Waals surface area contributed by atoms with E-state index in [1.165, 1.54) is 0 Å². The average Bonchev–Trinajstić information content (AvgIpc) is 2.41. The van der Waals surface area contributed by atoms with Crippen LogP contribution in [0.4, 0.5) is 0 Å². The van der Waals surface area contributed by atoms with Crippen molar-refractivity contribution < 1.29 is 14.3 Å². The number of morpholine rings is 2. The van der Waals surface area contributed by atoms with Gasteiger partial charge < -0.3 is 20.1 Å². The van der Waals surface area contributed by atoms with E-state index in [2.05, 4.69) is 29.4 Å². The van der Waals surface area contributed by atoms with Crippen molar-refractivity contribution in [3.05, 3.63) is 0 Å². The number of nitrogens with one attached hydrogen (secondary N) is 2. The first-order valence-corrected chi connectivity index (χ1v) is 7.48. The molecule has 2 fully saturated rings. The van der Waals surface area contributed by atoms with Crippen LogP contribution in [0.25, 0.3) is 0 Å². The minimum Gasteiger partial charge on any atom is -0.378 e. The highest BCUT2D eigenvalue weighted by Crippen LogP contribution is 2.17. The van der Waals surface area contributed by atoms with Crippen LogP contribution >= 0.6 is 0 Å². The van der Waals surface area contributed by atoms with Crippen molar-refractivity contribution in [2.75, 3.05) is 52.6 Å². The summed E-state index contributed by atoms with van der Waals surface area (Å²) in [7, 11) is 0. The molecule has 2 rings (SSSR count). The number of carbonyl (C=O) groups is 1. The van der Waals surface area contributed by atoms with Crippen LogP contribution in [0.5, 0.6) is 0 Å². The molecule has 2 aliphatic heterocycles. The van der Waals surface area contributed by atoms with Crippen LogP contribution in [-0.4, -0.2) is 75.0 Å². The minimum atomic E-state index is 0.0573. The third-order valence-electron chi connectivity index (χ3n) is 3.95. The Kier molecular flexibility index (Phi) is 5.77. The molecule has 2 N–H and O–H groups in total. The topological polar surface area (TPSA) is 62.8 Å². The molecule has 0 aromatic carbocycles. The van der Waals surface area contributed by atoms with Gasteiger partial charge in [0.05, 0.1) is 26.4 Å². The highest BCUT2D eigenvalue weighted by Gasteiger charge is 2.29. The van der Waals surface area contributed by atoms with Gasteiger partial charge in [0.2, 0.25) is 5.91 Å². The van der Waals surface area contributed by atoms with Gasteiger partial charge in [-0.15, -0.1) is 0 Å². The van der Waals surface area contributed by atoms with Gasteiger partial charge in [-0.05, 0) is 13.8 Å². The molecule has 0 aromatic rings. The van der Waals surface area contributed by atoms with E-state index >= 15 is 0 Å². The first-order valence-electron chi connectivity index (χ1n) is 7.48. The van der Waals surface area contributed by atoms with Gasteiger partial charge in [0.1, 0.15) is 0 Å². The van der Waals surface area contributed by atoms with Crippen molar-refractivity contribution in [1.82, 2.24) is 15.5 Å². The van der Waals surface area contributed by atoms with Crippen molar-refractivity contribution in [2.24, 2.45) is 0 Å². The molecule has 1 unspecified atom stereocenters. The summed E-state index contributed by atoms with van der Waals surface area (Å²) in [5.41, 5.74) is 0.0573. The second-order valence-corrected chi connectivity index (χ2v) is 6.13. The van der Waals surface area contributed by atoms with Crippen LogP contribution in [0.3, 0.4) is 0 Å². The van der Waals surface area contributed by atoms with Crippen molar-refractivity contribution in [3.63, 3.8) is 0 Å². The lowest BCUT2D eigenvalue weighted by molar-refractivity contribution is -0.122. The zero-order valence-electron chi connectivity index (χ0n) is 12.6. The van der Waals surface area contributed by atoms with Crippen LogP contribution in [0.15, 0.2) is 0 Å². The predicted molar refractivity (Wildman–Crippen MR) is 76.7 cm³/mol. The van der Waals surface area contributed by atoms with Crippen molar-refractivity contribution in [2.45, 2.75) is 31.8 Å². The van der Waals surface area contributed by atoms with Crippen LogP contribution in [0.1, 0.15) is 20.3 Å². The van der Waals surface area contributed by atoms with E-state index in [0.717, 1.165) is 39.5 Å². The fraction of sp³-hybridized carbons (Fsp3) is 0.929. The summed E-state index contributed by atoms with van der Waals surface area (Å²) < 4.78 is 10.8. The molecule has 0 radical (unpaired) electrons. The van der Waals surface area contributed by atoms with Gasteiger partial charge in [-0.25, -0.2) is 0 Å². The summed E-state index contributed by atoms with van der Waals surface area (Å²) in [6, 6.07) is 0.156. The van der Waals surface area contributed by atoms with Gasteiger partial charge in [0, 0.05) is 44.2 Å². The van der Waals surface area contributed by atoms with E-state index in [9.17, 15) is 4.79 Å². The molecule has 0 spiro atoms. The molecule has 2 aliphatic rings. The fourth-order valence-corrected chi connectivity index (χ4v) is 2.68. The fourth-order valence-electron chi connectivity index (χ4n) is 2.68. The Morgan fingerprint density at radius 2 is 2.25 bits per heavy atom. The predicted octanol–water partition coefficient (Wildman–Crippen LogP) is -0.408. The third-order valence-corrected chi connectivity index (χ3v) is 3.95. The number of carbonyl (C=O) groups excluding carboxylic acids is 1. The summed E-state index contributed by atoms with van der Waals surface area (Å²) in [5, 5.41) is 6.29. The SMILES string of the molecule is CC1(C)COCCN1CCNC(=O)CC1COCCN1. The van der Waals surface area contributed by atoms with Gasteiger partial charge in [-0.3, -0.25) is 9.69 Å². The first kappa shape index (κ1) is 15.7. The molecule has 2 heterocycles. The van der Waals surface area contributed by atoms with Gasteiger partial charge in [-0.1, -0.05) is 0 Å². The molecule has 0 bridgehead atoms. The molecular weight excluding hydrogens is 258 g/mol. The van der Waals surface area contributed by atoms with E-state index in [-0.39, 0.29) is 17.5 Å². The second-order valence-electron chi connectivity index (χ2n) is 6.13. The highest BCUT2D eigenvalue weighted by molar-refractivity contribution is 5.76. The molecule has 1 amide bonds. The largest absolute Gasteiger partial charge is 0.378 e. The van der Waals surface area contributed by atoms with Crippen molar-refractivity contribution in [1.29, 1.82) is 0 Å². The Hall–Kier alpha value is -0.690. The normalized spacial score (nSPS) is 27.2. The molecule has 0 aliphatic carbocycles. The molecule has 0 saturated carbocycles. The lowest BCUT2D eigenvalue weighted by atomic mass is 10.0. The molecule has 2 saturated heterocycles. The maximum atomic E-state index is 11.9. The van der Waals surface area contributed by atoms with E-state index in [4.69, 9.17) is 9.47 Å². The maximum absolute atomic E-state index is 11.9. The molecule has 116 valence electrons. The Bertz CT molecular complexity index is 317. The Labute approximate surface area is 121 Å².